The van der Waals surface area contributed by atoms with Crippen LogP contribution in [0.5, 0.6) is 5.88 Å². The van der Waals surface area contributed by atoms with E-state index in [4.69, 9.17) is 9.84 Å². The number of anilines is 1. The molecule has 1 amide bonds. The van der Waals surface area contributed by atoms with Crippen molar-refractivity contribution in [2.24, 2.45) is 0 Å². The summed E-state index contributed by atoms with van der Waals surface area (Å²) in [5.74, 6) is -0.127. The Morgan fingerprint density at radius 2 is 1.56 bits per heavy atom. The first kappa shape index (κ1) is 23.0. The average molecular weight is 454 g/mol. The van der Waals surface area contributed by atoms with Gasteiger partial charge in [-0.3, -0.25) is 9.59 Å². The summed E-state index contributed by atoms with van der Waals surface area (Å²) in [6, 6.07) is 24.5. The third-order valence-electron chi connectivity index (χ3n) is 5.40. The van der Waals surface area contributed by atoms with Crippen molar-refractivity contribution < 1.29 is 14.3 Å². The average Bonchev–Trinajstić information content (AvgIpc) is 3.19. The number of carbonyl (C=O) groups is 2. The number of aromatic nitrogens is 2. The zero-order valence-corrected chi connectivity index (χ0v) is 19.7. The number of amides is 1. The molecule has 6 heteroatoms. The van der Waals surface area contributed by atoms with Crippen LogP contribution in [-0.4, -0.2) is 21.7 Å². The van der Waals surface area contributed by atoms with E-state index in [-0.39, 0.29) is 11.8 Å². The molecule has 34 heavy (non-hydrogen) atoms. The molecule has 0 saturated heterocycles. The second-order valence-electron chi connectivity index (χ2n) is 8.46. The number of hydrogen-bond donors (Lipinski definition) is 1. The minimum absolute atomic E-state index is 0.0928. The number of nitrogens with zero attached hydrogens (tertiary/aromatic N) is 2. The highest BCUT2D eigenvalue weighted by atomic mass is 16.5. The van der Waals surface area contributed by atoms with Crippen LogP contribution in [0.2, 0.25) is 0 Å². The number of para-hydroxylation sites is 1. The maximum absolute atomic E-state index is 12.6. The first-order valence-corrected chi connectivity index (χ1v) is 11.2. The van der Waals surface area contributed by atoms with Crippen LogP contribution in [0.15, 0.2) is 78.9 Å². The summed E-state index contributed by atoms with van der Waals surface area (Å²) in [5, 5.41) is 7.72. The van der Waals surface area contributed by atoms with Gasteiger partial charge in [0.2, 0.25) is 5.88 Å². The molecule has 0 atom stereocenters. The third-order valence-corrected chi connectivity index (χ3v) is 5.40. The van der Waals surface area contributed by atoms with Gasteiger partial charge in [-0.2, -0.15) is 9.78 Å². The van der Waals surface area contributed by atoms with Crippen molar-refractivity contribution in [1.82, 2.24) is 9.78 Å². The van der Waals surface area contributed by atoms with Crippen LogP contribution >= 0.6 is 0 Å². The quantitative estimate of drug-likeness (QED) is 0.356. The zero-order chi connectivity index (χ0) is 24.2. The maximum Gasteiger partial charge on any atom is 0.309 e. The van der Waals surface area contributed by atoms with E-state index < -0.39 is 5.97 Å². The lowest BCUT2D eigenvalue weighted by molar-refractivity contribution is -0.132. The molecule has 0 unspecified atom stereocenters. The second-order valence-corrected chi connectivity index (χ2v) is 8.46. The Hall–Kier alpha value is -4.19. The molecule has 0 fully saturated rings. The summed E-state index contributed by atoms with van der Waals surface area (Å²) in [6.45, 7) is 7.46. The lowest BCUT2D eigenvalue weighted by Crippen LogP contribution is -2.11. The number of hydrogen-bond acceptors (Lipinski definition) is 4. The van der Waals surface area contributed by atoms with E-state index in [0.29, 0.717) is 17.1 Å². The van der Waals surface area contributed by atoms with Crippen molar-refractivity contribution >= 4 is 17.6 Å². The van der Waals surface area contributed by atoms with Crippen LogP contribution in [0.4, 0.5) is 5.69 Å². The number of nitrogens with one attached hydrogen (secondary N) is 1. The van der Waals surface area contributed by atoms with Crippen molar-refractivity contribution in [1.29, 1.82) is 0 Å². The van der Waals surface area contributed by atoms with Crippen molar-refractivity contribution in [3.8, 4) is 22.7 Å². The van der Waals surface area contributed by atoms with E-state index in [9.17, 15) is 9.59 Å². The first-order chi connectivity index (χ1) is 16.3. The van der Waals surface area contributed by atoms with E-state index in [1.54, 1.807) is 16.8 Å². The van der Waals surface area contributed by atoms with Crippen molar-refractivity contribution in [2.75, 3.05) is 5.32 Å². The van der Waals surface area contributed by atoms with Crippen LogP contribution < -0.4 is 10.1 Å². The molecule has 1 heterocycles. The molecule has 0 aliphatic rings. The fourth-order valence-electron chi connectivity index (χ4n) is 3.70. The van der Waals surface area contributed by atoms with Gasteiger partial charge in [0, 0.05) is 18.2 Å². The second kappa shape index (κ2) is 9.75. The van der Waals surface area contributed by atoms with Gasteiger partial charge < -0.3 is 10.1 Å². The highest BCUT2D eigenvalue weighted by Gasteiger charge is 2.25. The highest BCUT2D eigenvalue weighted by Crippen LogP contribution is 2.39. The number of rotatable bonds is 6. The van der Waals surface area contributed by atoms with Crippen LogP contribution in [0.1, 0.15) is 48.3 Å². The maximum atomic E-state index is 12.6. The summed E-state index contributed by atoms with van der Waals surface area (Å²) in [7, 11) is 0. The van der Waals surface area contributed by atoms with Crippen LogP contribution in [0.25, 0.3) is 16.8 Å². The Bertz CT molecular complexity index is 1310. The molecule has 0 spiro atoms. The van der Waals surface area contributed by atoms with Crippen LogP contribution in [-0.2, 0) is 4.79 Å². The Morgan fingerprint density at radius 3 is 2.15 bits per heavy atom. The van der Waals surface area contributed by atoms with Crippen LogP contribution in [0.3, 0.4) is 0 Å². The van der Waals surface area contributed by atoms with E-state index in [0.717, 1.165) is 28.1 Å². The molecule has 172 valence electrons. The predicted molar refractivity (Wildman–Crippen MR) is 134 cm³/mol. The van der Waals surface area contributed by atoms with Gasteiger partial charge in [0.1, 0.15) is 0 Å². The number of benzene rings is 3. The molecule has 4 rings (SSSR count). The monoisotopic (exact) mass is 453 g/mol. The van der Waals surface area contributed by atoms with Gasteiger partial charge in [0.05, 0.1) is 16.9 Å². The Kier molecular flexibility index (Phi) is 6.59. The fraction of sp³-hybridized carbons (Fsp3) is 0.179. The highest BCUT2D eigenvalue weighted by molar-refractivity contribution is 6.04. The normalized spacial score (nSPS) is 10.9. The summed E-state index contributed by atoms with van der Waals surface area (Å²) in [6.07, 6.45) is 0. The topological polar surface area (TPSA) is 73.2 Å². The fourth-order valence-corrected chi connectivity index (χ4v) is 3.70. The first-order valence-electron chi connectivity index (χ1n) is 11.2. The van der Waals surface area contributed by atoms with Gasteiger partial charge in [0.25, 0.3) is 5.91 Å². The summed E-state index contributed by atoms with van der Waals surface area (Å²) < 4.78 is 7.34. The summed E-state index contributed by atoms with van der Waals surface area (Å²) >= 11 is 0. The number of ether oxygens (including phenoxy) is 1. The molecule has 0 aliphatic heterocycles. The van der Waals surface area contributed by atoms with Gasteiger partial charge >= 0.3 is 5.97 Å². The van der Waals surface area contributed by atoms with Gasteiger partial charge in [-0.15, -0.1) is 0 Å². The van der Waals surface area contributed by atoms with Gasteiger partial charge in [-0.1, -0.05) is 61.9 Å². The van der Waals surface area contributed by atoms with Gasteiger partial charge in [-0.25, -0.2) is 0 Å². The molecule has 3 aromatic carbocycles. The lowest BCUT2D eigenvalue weighted by Gasteiger charge is -2.11. The summed E-state index contributed by atoms with van der Waals surface area (Å²) in [4.78, 5) is 24.6. The molecule has 0 radical (unpaired) electrons. The Labute approximate surface area is 199 Å². The zero-order valence-electron chi connectivity index (χ0n) is 19.7. The molecule has 0 aliphatic carbocycles. The van der Waals surface area contributed by atoms with Crippen molar-refractivity contribution in [3.63, 3.8) is 0 Å². The smallest absolute Gasteiger partial charge is 0.309 e. The molecule has 6 nitrogen and oxygen atoms in total. The number of carbonyl (C=O) groups excluding carboxylic acids is 2. The molecule has 1 N–H and O–H groups in total. The predicted octanol–water partition coefficient (Wildman–Crippen LogP) is 6.15. The van der Waals surface area contributed by atoms with E-state index in [1.807, 2.05) is 73.7 Å². The van der Waals surface area contributed by atoms with Crippen LogP contribution in [0, 0.1) is 6.92 Å². The number of esters is 1. The van der Waals surface area contributed by atoms with E-state index >= 15 is 0 Å². The molecule has 0 saturated carbocycles. The van der Waals surface area contributed by atoms with Crippen molar-refractivity contribution in [3.05, 3.63) is 95.7 Å². The van der Waals surface area contributed by atoms with Gasteiger partial charge in [-0.05, 0) is 54.8 Å². The lowest BCUT2D eigenvalue weighted by atomic mass is 9.99. The Morgan fingerprint density at radius 1 is 0.912 bits per heavy atom. The van der Waals surface area contributed by atoms with Crippen molar-refractivity contribution in [2.45, 2.75) is 33.6 Å². The van der Waals surface area contributed by atoms with E-state index in [1.165, 1.54) is 6.92 Å². The Balaban J connectivity index is 1.71. The van der Waals surface area contributed by atoms with Gasteiger partial charge in [0.15, 0.2) is 0 Å². The third kappa shape index (κ3) is 4.91. The molecule has 1 aromatic heterocycles. The SMILES string of the molecule is CC(=O)Oc1c(-c2ccc(NC(=O)c3ccc(C)cc3)cc2)c(C(C)C)nn1-c1ccccc1. The molecular formula is C28H27N3O3. The number of aryl methyl sites for hydroxylation is 1. The molecular weight excluding hydrogens is 426 g/mol. The largest absolute Gasteiger partial charge is 0.407 e. The minimum atomic E-state index is -0.421. The minimum Gasteiger partial charge on any atom is -0.407 e. The molecule has 0 bridgehead atoms. The summed E-state index contributed by atoms with van der Waals surface area (Å²) in [5.41, 5.74) is 5.58. The molecule has 4 aromatic rings. The standard InChI is InChI=1S/C28H27N3O3/c1-18(2)26-25(28(34-20(4)32)31(30-26)24-8-6-5-7-9-24)21-14-16-23(17-15-21)29-27(33)22-12-10-19(3)11-13-22/h5-18H,1-4H3,(H,29,33). The van der Waals surface area contributed by atoms with E-state index in [2.05, 4.69) is 19.2 Å².